The molecule has 1 atom stereocenters. The van der Waals surface area contributed by atoms with Crippen molar-refractivity contribution in [3.63, 3.8) is 0 Å². The minimum Gasteiger partial charge on any atom is -0.376 e. The van der Waals surface area contributed by atoms with Crippen LogP contribution in [0.2, 0.25) is 0 Å². The highest BCUT2D eigenvalue weighted by molar-refractivity contribution is 5.81. The lowest BCUT2D eigenvalue weighted by Gasteiger charge is -2.37. The summed E-state index contributed by atoms with van der Waals surface area (Å²) in [7, 11) is 0. The zero-order valence-electron chi connectivity index (χ0n) is 22.8. The second kappa shape index (κ2) is 14.5. The predicted molar refractivity (Wildman–Crippen MR) is 158 cm³/mol. The molecule has 7 nitrogen and oxygen atoms in total. The molecule has 0 bridgehead atoms. The standard InChI is InChI=1S/C32H36FN5O2/c1-35-30(6-4-3-5-26-9-7-24(21-34)19-29(26)33)27-11-14-37(15-12-27)16-17-38(22-28-13-18-40-28)32-10-8-25(23-39)20-31(32)36-2/h3-4,6-10,19-20,23,27-28H,1-2,5,11-18,22H2/b4-3-,30-6-. The first kappa shape index (κ1) is 29.1. The molecule has 2 saturated heterocycles. The molecule has 0 amide bonds. The van der Waals surface area contributed by atoms with E-state index in [1.807, 2.05) is 36.4 Å². The van der Waals surface area contributed by atoms with Crippen LogP contribution in [0, 0.1) is 23.1 Å². The summed E-state index contributed by atoms with van der Waals surface area (Å²) in [6, 6.07) is 12.1. The van der Waals surface area contributed by atoms with Gasteiger partial charge in [-0.15, -0.1) is 0 Å². The SMILES string of the molecule is C=N/C(=C\C=C/Cc1ccc(C#N)cc1F)C1CCN(CCN(CC2CCO2)c2ccc(C=O)cc2N=C)CC1. The number of allylic oxidation sites excluding steroid dienone is 4. The van der Waals surface area contributed by atoms with Crippen molar-refractivity contribution < 1.29 is 13.9 Å². The van der Waals surface area contributed by atoms with E-state index in [0.29, 0.717) is 34.7 Å². The number of nitrogens with zero attached hydrogens (tertiary/aromatic N) is 5. The number of nitriles is 1. The Labute approximate surface area is 236 Å². The largest absolute Gasteiger partial charge is 0.376 e. The number of benzene rings is 2. The summed E-state index contributed by atoms with van der Waals surface area (Å²) in [6.07, 6.45) is 10.3. The molecular weight excluding hydrogens is 505 g/mol. The van der Waals surface area contributed by atoms with E-state index in [-0.39, 0.29) is 11.9 Å². The summed E-state index contributed by atoms with van der Waals surface area (Å²) < 4.78 is 19.8. The molecule has 2 aromatic rings. The second-order valence-electron chi connectivity index (χ2n) is 10.2. The molecule has 0 saturated carbocycles. The lowest BCUT2D eigenvalue weighted by atomic mass is 9.93. The van der Waals surface area contributed by atoms with Gasteiger partial charge in [-0.25, -0.2) is 4.39 Å². The average molecular weight is 542 g/mol. The fraction of sp³-hybridized carbons (Fsp3) is 0.375. The number of ether oxygens (including phenoxy) is 1. The molecule has 0 radical (unpaired) electrons. The van der Waals surface area contributed by atoms with Crippen LogP contribution in [-0.2, 0) is 11.2 Å². The predicted octanol–water partition coefficient (Wildman–Crippen LogP) is 5.53. The number of likely N-dealkylation sites (tertiary alicyclic amines) is 1. The van der Waals surface area contributed by atoms with Gasteiger partial charge in [0, 0.05) is 43.4 Å². The molecule has 4 rings (SSSR count). The van der Waals surface area contributed by atoms with Gasteiger partial charge in [-0.2, -0.15) is 5.26 Å². The Morgan fingerprint density at radius 3 is 2.62 bits per heavy atom. The van der Waals surface area contributed by atoms with E-state index in [9.17, 15) is 9.18 Å². The normalized spacial score (nSPS) is 18.2. The first-order valence-corrected chi connectivity index (χ1v) is 13.7. The smallest absolute Gasteiger partial charge is 0.150 e. The van der Waals surface area contributed by atoms with Gasteiger partial charge in [0.2, 0.25) is 0 Å². The first-order valence-electron chi connectivity index (χ1n) is 13.7. The average Bonchev–Trinajstić information content (AvgIpc) is 2.97. The Morgan fingerprint density at radius 2 is 2.00 bits per heavy atom. The molecular formula is C32H36FN5O2. The molecule has 208 valence electrons. The number of halogens is 1. The van der Waals surface area contributed by atoms with Crippen molar-refractivity contribution in [2.75, 3.05) is 44.2 Å². The number of hydrogen-bond donors (Lipinski definition) is 0. The van der Waals surface area contributed by atoms with Crippen LogP contribution in [0.15, 0.2) is 70.3 Å². The maximum atomic E-state index is 14.1. The third-order valence-corrected chi connectivity index (χ3v) is 7.66. The van der Waals surface area contributed by atoms with Crippen LogP contribution in [0.1, 0.15) is 40.7 Å². The van der Waals surface area contributed by atoms with Crippen LogP contribution in [0.25, 0.3) is 0 Å². The zero-order chi connectivity index (χ0) is 28.3. The fourth-order valence-corrected chi connectivity index (χ4v) is 5.17. The molecule has 8 heteroatoms. The Morgan fingerprint density at radius 1 is 1.20 bits per heavy atom. The molecule has 2 fully saturated rings. The summed E-state index contributed by atoms with van der Waals surface area (Å²) >= 11 is 0. The number of aliphatic imine (C=N–C) groups is 2. The fourth-order valence-electron chi connectivity index (χ4n) is 5.17. The molecule has 0 aromatic heterocycles. The molecule has 2 aliphatic heterocycles. The Bertz CT molecular complexity index is 1300. The van der Waals surface area contributed by atoms with Gasteiger partial charge in [0.05, 0.1) is 29.1 Å². The highest BCUT2D eigenvalue weighted by Crippen LogP contribution is 2.31. The third-order valence-electron chi connectivity index (χ3n) is 7.66. The van der Waals surface area contributed by atoms with Crippen molar-refractivity contribution in [2.45, 2.75) is 31.8 Å². The Kier molecular flexibility index (Phi) is 10.5. The minimum absolute atomic E-state index is 0.210. The van der Waals surface area contributed by atoms with Gasteiger partial charge in [-0.3, -0.25) is 14.8 Å². The van der Waals surface area contributed by atoms with Crippen molar-refractivity contribution in [3.8, 4) is 6.07 Å². The highest BCUT2D eigenvalue weighted by Gasteiger charge is 2.25. The molecule has 2 aliphatic rings. The zero-order valence-corrected chi connectivity index (χ0v) is 22.8. The highest BCUT2D eigenvalue weighted by atomic mass is 19.1. The van der Waals surface area contributed by atoms with Crippen LogP contribution < -0.4 is 4.90 Å². The molecule has 1 unspecified atom stereocenters. The van der Waals surface area contributed by atoms with Crippen molar-refractivity contribution >= 4 is 31.1 Å². The summed E-state index contributed by atoms with van der Waals surface area (Å²) in [5.41, 5.74) is 4.10. The molecule has 40 heavy (non-hydrogen) atoms. The number of carbonyl (C=O) groups excluding carboxylic acids is 1. The van der Waals surface area contributed by atoms with E-state index < -0.39 is 0 Å². The van der Waals surface area contributed by atoms with Gasteiger partial charge in [0.25, 0.3) is 0 Å². The summed E-state index contributed by atoms with van der Waals surface area (Å²) in [6.45, 7) is 12.7. The minimum atomic E-state index is -0.365. The number of aldehydes is 1. The van der Waals surface area contributed by atoms with Crippen molar-refractivity contribution in [1.29, 1.82) is 5.26 Å². The number of anilines is 1. The van der Waals surface area contributed by atoms with E-state index in [4.69, 9.17) is 10.00 Å². The second-order valence-corrected chi connectivity index (χ2v) is 10.2. The van der Waals surface area contributed by atoms with Crippen LogP contribution in [0.5, 0.6) is 0 Å². The number of rotatable bonds is 13. The van der Waals surface area contributed by atoms with Gasteiger partial charge < -0.3 is 14.5 Å². The molecule has 2 heterocycles. The number of piperidine rings is 1. The van der Waals surface area contributed by atoms with Gasteiger partial charge in [0.1, 0.15) is 12.1 Å². The van der Waals surface area contributed by atoms with Crippen LogP contribution in [0.4, 0.5) is 15.8 Å². The monoisotopic (exact) mass is 541 g/mol. The maximum Gasteiger partial charge on any atom is 0.150 e. The van der Waals surface area contributed by atoms with E-state index >= 15 is 0 Å². The lowest BCUT2D eigenvalue weighted by Crippen LogP contribution is -2.44. The number of carbonyl (C=O) groups is 1. The molecule has 0 N–H and O–H groups in total. The Balaban J connectivity index is 1.31. The van der Waals surface area contributed by atoms with Crippen LogP contribution in [-0.4, -0.2) is 70.1 Å². The van der Waals surface area contributed by atoms with Crippen molar-refractivity contribution in [3.05, 3.63) is 82.8 Å². The maximum absolute atomic E-state index is 14.1. The third kappa shape index (κ3) is 7.59. The molecule has 0 aliphatic carbocycles. The topological polar surface area (TPSA) is 81.3 Å². The van der Waals surface area contributed by atoms with E-state index in [1.54, 1.807) is 18.2 Å². The summed E-state index contributed by atoms with van der Waals surface area (Å²) in [5, 5.41) is 8.90. The van der Waals surface area contributed by atoms with Crippen molar-refractivity contribution in [2.24, 2.45) is 15.9 Å². The van der Waals surface area contributed by atoms with E-state index in [1.165, 1.54) is 6.07 Å². The van der Waals surface area contributed by atoms with E-state index in [2.05, 4.69) is 33.2 Å². The Hall–Kier alpha value is -3.93. The quantitative estimate of drug-likeness (QED) is 0.189. The lowest BCUT2D eigenvalue weighted by molar-refractivity contribution is -0.0446. The molecule has 2 aromatic carbocycles. The summed E-state index contributed by atoms with van der Waals surface area (Å²) in [5.74, 6) is -0.0344. The van der Waals surface area contributed by atoms with Crippen LogP contribution >= 0.6 is 0 Å². The van der Waals surface area contributed by atoms with Gasteiger partial charge in [-0.05, 0) is 94.2 Å². The number of hydrogen-bond acceptors (Lipinski definition) is 7. The summed E-state index contributed by atoms with van der Waals surface area (Å²) in [4.78, 5) is 24.5. The van der Waals surface area contributed by atoms with Gasteiger partial charge in [0.15, 0.2) is 0 Å². The van der Waals surface area contributed by atoms with E-state index in [0.717, 1.165) is 76.3 Å². The molecule has 0 spiro atoms. The van der Waals surface area contributed by atoms with Gasteiger partial charge >= 0.3 is 0 Å². The first-order chi connectivity index (χ1) is 19.5. The van der Waals surface area contributed by atoms with Crippen LogP contribution in [0.3, 0.4) is 0 Å². The van der Waals surface area contributed by atoms with Crippen molar-refractivity contribution in [1.82, 2.24) is 4.90 Å². The van der Waals surface area contributed by atoms with Gasteiger partial charge in [-0.1, -0.05) is 18.2 Å².